The fourth-order valence-electron chi connectivity index (χ4n) is 7.17. The van der Waals surface area contributed by atoms with Crippen molar-refractivity contribution in [1.29, 1.82) is 0 Å². The van der Waals surface area contributed by atoms with Crippen LogP contribution in [0, 0.1) is 11.8 Å². The van der Waals surface area contributed by atoms with Crippen LogP contribution in [0.1, 0.15) is 59.3 Å². The van der Waals surface area contributed by atoms with Crippen molar-refractivity contribution in [3.05, 3.63) is 119 Å². The van der Waals surface area contributed by atoms with Crippen LogP contribution in [-0.4, -0.2) is 90.4 Å². The molecule has 6 N–H and O–H groups in total. The van der Waals surface area contributed by atoms with Gasteiger partial charge in [-0.2, -0.15) is 0 Å². The van der Waals surface area contributed by atoms with Gasteiger partial charge >= 0.3 is 12.2 Å². The summed E-state index contributed by atoms with van der Waals surface area (Å²) in [7, 11) is 0. The number of imidazole rings is 1. The SMILES string of the molecule is O=C(O)N[C@@H](C(=O)N1CCC[C@H]1C(=O)Nc1ccc(C#Cc2cn3cc(NC(=O)[C@@H]4CCCN4C(=O)[C@H](NC(=O)O)c4ccccc4)nc3s2)cc1)c1ccccc1. The molecule has 0 radical (unpaired) electrons. The third-order valence-corrected chi connectivity index (χ3v) is 10.8. The standard InChI is InChI=1S/C41H38N8O8S/c50-35(30-13-7-21-48(30)37(52)33(45-40(54)55)26-9-3-1-4-10-26)42-28-18-15-25(16-19-28)17-20-29-23-47-24-32(44-39(47)58-29)43-36(51)31-14-8-22-49(31)38(53)34(46-41(56)57)27-11-5-2-6-12-27/h1-6,9-12,15-16,18-19,23-24,30-31,33-34,45-46H,7-8,13-14,21-22H2,(H,42,50)(H,43,51)(H,54,55)(H,56,57)/t30-,31-,33+,34+/m0/s1. The van der Waals surface area contributed by atoms with Crippen molar-refractivity contribution in [2.24, 2.45) is 0 Å². The van der Waals surface area contributed by atoms with Crippen molar-refractivity contribution < 1.29 is 39.0 Å². The molecule has 17 heteroatoms. The lowest BCUT2D eigenvalue weighted by Gasteiger charge is -2.28. The molecular formula is C41H38N8O8S. The first kappa shape index (κ1) is 39.1. The van der Waals surface area contributed by atoms with E-state index in [0.717, 1.165) is 0 Å². The number of benzene rings is 3. The van der Waals surface area contributed by atoms with Crippen LogP contribution in [0.15, 0.2) is 97.3 Å². The number of amides is 6. The molecule has 0 saturated carbocycles. The summed E-state index contributed by atoms with van der Waals surface area (Å²) < 4.78 is 1.74. The highest BCUT2D eigenvalue weighted by molar-refractivity contribution is 7.17. The molecule has 2 aliphatic rings. The zero-order valence-electron chi connectivity index (χ0n) is 30.8. The minimum absolute atomic E-state index is 0.300. The topological polar surface area (TPSA) is 215 Å². The van der Waals surface area contributed by atoms with Crippen LogP contribution in [0.25, 0.3) is 4.96 Å². The van der Waals surface area contributed by atoms with Crippen LogP contribution in [0.3, 0.4) is 0 Å². The number of carbonyl (C=O) groups excluding carboxylic acids is 4. The van der Waals surface area contributed by atoms with Crippen molar-refractivity contribution >= 4 is 63.6 Å². The smallest absolute Gasteiger partial charge is 0.405 e. The highest BCUT2D eigenvalue weighted by atomic mass is 32.1. The molecule has 7 rings (SSSR count). The van der Waals surface area contributed by atoms with E-state index in [1.54, 1.807) is 102 Å². The lowest BCUT2D eigenvalue weighted by molar-refractivity contribution is -0.138. The molecule has 2 fully saturated rings. The molecular weight excluding hydrogens is 765 g/mol. The van der Waals surface area contributed by atoms with Crippen LogP contribution < -0.4 is 21.3 Å². The fourth-order valence-corrected chi connectivity index (χ4v) is 7.99. The van der Waals surface area contributed by atoms with Crippen LogP contribution in [0.5, 0.6) is 0 Å². The van der Waals surface area contributed by atoms with E-state index in [4.69, 9.17) is 0 Å². The Bertz CT molecular complexity index is 2380. The summed E-state index contributed by atoms with van der Waals surface area (Å²) >= 11 is 1.31. The van der Waals surface area contributed by atoms with Gasteiger partial charge in [0.2, 0.25) is 11.8 Å². The molecule has 16 nitrogen and oxygen atoms in total. The van der Waals surface area contributed by atoms with E-state index in [0.29, 0.717) is 76.8 Å². The zero-order valence-corrected chi connectivity index (χ0v) is 31.6. The first-order valence-electron chi connectivity index (χ1n) is 18.5. The monoisotopic (exact) mass is 802 g/mol. The van der Waals surface area contributed by atoms with Crippen LogP contribution in [-0.2, 0) is 19.2 Å². The first-order valence-corrected chi connectivity index (χ1v) is 19.3. The zero-order chi connectivity index (χ0) is 40.8. The van der Waals surface area contributed by atoms with Crippen molar-refractivity contribution in [3.8, 4) is 11.8 Å². The molecule has 2 aliphatic heterocycles. The maximum atomic E-state index is 13.5. The largest absolute Gasteiger partial charge is 0.465 e. The Hall–Kier alpha value is -7.19. The molecule has 0 spiro atoms. The maximum Gasteiger partial charge on any atom is 0.405 e. The number of anilines is 2. The van der Waals surface area contributed by atoms with E-state index in [1.165, 1.54) is 21.1 Å². The highest BCUT2D eigenvalue weighted by Gasteiger charge is 2.40. The molecule has 6 amide bonds. The number of hydrogen-bond acceptors (Lipinski definition) is 8. The van der Waals surface area contributed by atoms with Crippen LogP contribution >= 0.6 is 11.3 Å². The third-order valence-electron chi connectivity index (χ3n) is 9.86. The molecule has 58 heavy (non-hydrogen) atoms. The Labute approximate surface area is 335 Å². The number of carboxylic acid groups (broad SMARTS) is 2. The van der Waals surface area contributed by atoms with Gasteiger partial charge in [-0.05, 0) is 67.0 Å². The van der Waals surface area contributed by atoms with E-state index in [-0.39, 0.29) is 5.91 Å². The van der Waals surface area contributed by atoms with E-state index >= 15 is 0 Å². The minimum Gasteiger partial charge on any atom is -0.465 e. The van der Waals surface area contributed by atoms with Gasteiger partial charge in [-0.1, -0.05) is 77.9 Å². The Balaban J connectivity index is 0.948. The number of nitrogens with zero attached hydrogens (tertiary/aromatic N) is 4. The molecule has 2 saturated heterocycles. The predicted octanol–water partition coefficient (Wildman–Crippen LogP) is 4.67. The fraction of sp³-hybridized carbons (Fsp3) is 0.244. The summed E-state index contributed by atoms with van der Waals surface area (Å²) in [5.74, 6) is 4.71. The number of thiazole rings is 1. The molecule has 296 valence electrons. The second-order valence-electron chi connectivity index (χ2n) is 13.7. The Morgan fingerprint density at radius 2 is 1.19 bits per heavy atom. The summed E-state index contributed by atoms with van der Waals surface area (Å²) in [6, 6.07) is 20.1. The highest BCUT2D eigenvalue weighted by Crippen LogP contribution is 2.27. The average molecular weight is 803 g/mol. The maximum absolute atomic E-state index is 13.5. The van der Waals surface area contributed by atoms with Crippen molar-refractivity contribution in [3.63, 3.8) is 0 Å². The van der Waals surface area contributed by atoms with E-state index in [9.17, 15) is 39.0 Å². The number of nitrogens with one attached hydrogen (secondary N) is 4. The minimum atomic E-state index is -1.35. The normalized spacial score (nSPS) is 17.1. The van der Waals surface area contributed by atoms with Gasteiger partial charge in [0.1, 0.15) is 24.2 Å². The van der Waals surface area contributed by atoms with E-state index in [2.05, 4.69) is 38.1 Å². The third kappa shape index (κ3) is 8.92. The van der Waals surface area contributed by atoms with Crippen LogP contribution in [0.4, 0.5) is 21.1 Å². The van der Waals surface area contributed by atoms with Crippen molar-refractivity contribution in [2.45, 2.75) is 49.9 Å². The lowest BCUT2D eigenvalue weighted by atomic mass is 10.0. The Morgan fingerprint density at radius 1 is 0.672 bits per heavy atom. The number of carbonyl (C=O) groups is 6. The summed E-state index contributed by atoms with van der Waals surface area (Å²) in [6.45, 7) is 0.638. The summed E-state index contributed by atoms with van der Waals surface area (Å²) in [4.78, 5) is 85.4. The van der Waals surface area contributed by atoms with Gasteiger partial charge in [0.05, 0.1) is 11.1 Å². The predicted molar refractivity (Wildman–Crippen MR) is 213 cm³/mol. The molecule has 5 aromatic rings. The summed E-state index contributed by atoms with van der Waals surface area (Å²) in [6.07, 6.45) is 2.79. The average Bonchev–Trinajstić information content (AvgIpc) is 4.04. The Kier molecular flexibility index (Phi) is 11.7. The number of rotatable bonds is 10. The van der Waals surface area contributed by atoms with Gasteiger partial charge in [0.25, 0.3) is 11.8 Å². The summed E-state index contributed by atoms with van der Waals surface area (Å²) in [5.41, 5.74) is 2.16. The van der Waals surface area contributed by atoms with Gasteiger partial charge in [-0.3, -0.25) is 23.6 Å². The van der Waals surface area contributed by atoms with Gasteiger partial charge in [0.15, 0.2) is 10.8 Å². The molecule has 0 bridgehead atoms. The second kappa shape index (κ2) is 17.3. The molecule has 0 unspecified atom stereocenters. The van der Waals surface area contributed by atoms with E-state index < -0.39 is 54.1 Å². The molecule has 4 heterocycles. The van der Waals surface area contributed by atoms with Gasteiger partial charge in [-0.15, -0.1) is 0 Å². The quantitative estimate of drug-likeness (QED) is 0.108. The van der Waals surface area contributed by atoms with Crippen LogP contribution in [0.2, 0.25) is 0 Å². The summed E-state index contributed by atoms with van der Waals surface area (Å²) in [5, 5.41) is 29.0. The number of likely N-dealkylation sites (tertiary alicyclic amines) is 2. The number of aromatic nitrogens is 2. The molecule has 4 atom stereocenters. The Morgan fingerprint density at radius 3 is 1.69 bits per heavy atom. The lowest BCUT2D eigenvalue weighted by Crippen LogP contribution is -2.48. The number of fused-ring (bicyclic) bond motifs is 1. The van der Waals surface area contributed by atoms with Gasteiger partial charge < -0.3 is 41.3 Å². The number of hydrogen-bond donors (Lipinski definition) is 6. The second-order valence-corrected chi connectivity index (χ2v) is 14.7. The first-order chi connectivity index (χ1) is 28.0. The van der Waals surface area contributed by atoms with Crippen molar-refractivity contribution in [2.75, 3.05) is 23.7 Å². The molecule has 0 aliphatic carbocycles. The van der Waals surface area contributed by atoms with Gasteiger partial charge in [-0.25, -0.2) is 14.6 Å². The molecule has 3 aromatic carbocycles. The van der Waals surface area contributed by atoms with Gasteiger partial charge in [0, 0.05) is 30.5 Å². The molecule has 2 aromatic heterocycles. The van der Waals surface area contributed by atoms with E-state index in [1.807, 2.05) is 0 Å². The van der Waals surface area contributed by atoms with Crippen molar-refractivity contribution in [1.82, 2.24) is 29.8 Å².